The lowest BCUT2D eigenvalue weighted by Gasteiger charge is -2.46. The lowest BCUT2D eigenvalue weighted by atomic mass is 9.69. The highest BCUT2D eigenvalue weighted by atomic mass is 79.9. The summed E-state index contributed by atoms with van der Waals surface area (Å²) < 4.78 is 1.12. The Balaban J connectivity index is 2.29. The second kappa shape index (κ2) is 5.84. The summed E-state index contributed by atoms with van der Waals surface area (Å²) in [5.41, 5.74) is 8.63. The Morgan fingerprint density at radius 3 is 2.79 bits per heavy atom. The molecule has 0 aliphatic heterocycles. The van der Waals surface area contributed by atoms with E-state index in [0.717, 1.165) is 16.8 Å². The lowest BCUT2D eigenvalue weighted by molar-refractivity contribution is 0.188. The number of hydrogen-bond acceptors (Lipinski definition) is 2. The molecule has 0 spiro atoms. The Labute approximate surface area is 125 Å². The second-order valence-electron chi connectivity index (χ2n) is 6.26. The van der Waals surface area contributed by atoms with Gasteiger partial charge in [-0.15, -0.1) is 0 Å². The van der Waals surface area contributed by atoms with Crippen molar-refractivity contribution in [3.63, 3.8) is 0 Å². The standard InChI is InChI=1S/C16H25BrN2/c1-11-5-7-14(17)15(8-11)19-16(10-18)9-12(2)4-6-13(16)3/h5,7-8,12-13,19H,4,6,9-10,18H2,1-3H3. The van der Waals surface area contributed by atoms with Crippen LogP contribution in [0, 0.1) is 18.8 Å². The predicted octanol–water partition coefficient (Wildman–Crippen LogP) is 4.32. The predicted molar refractivity (Wildman–Crippen MR) is 86.5 cm³/mol. The molecular weight excluding hydrogens is 300 g/mol. The third-order valence-corrected chi connectivity index (χ3v) is 5.31. The van der Waals surface area contributed by atoms with Gasteiger partial charge in [0.25, 0.3) is 0 Å². The Bertz CT molecular complexity index is 446. The number of hydrogen-bond donors (Lipinski definition) is 2. The van der Waals surface area contributed by atoms with E-state index >= 15 is 0 Å². The number of anilines is 1. The van der Waals surface area contributed by atoms with Crippen LogP contribution in [0.2, 0.25) is 0 Å². The van der Waals surface area contributed by atoms with Crippen molar-refractivity contribution >= 4 is 21.6 Å². The Kier molecular flexibility index (Phi) is 4.57. The number of nitrogens with one attached hydrogen (secondary N) is 1. The summed E-state index contributed by atoms with van der Waals surface area (Å²) >= 11 is 3.64. The minimum Gasteiger partial charge on any atom is -0.377 e. The van der Waals surface area contributed by atoms with Crippen LogP contribution < -0.4 is 11.1 Å². The minimum atomic E-state index is 0.0357. The number of rotatable bonds is 3. The lowest BCUT2D eigenvalue weighted by Crippen LogP contribution is -2.54. The molecule has 106 valence electrons. The molecule has 3 unspecified atom stereocenters. The first-order chi connectivity index (χ1) is 8.97. The third kappa shape index (κ3) is 3.14. The molecule has 0 aromatic heterocycles. The molecule has 1 fully saturated rings. The summed E-state index contributed by atoms with van der Waals surface area (Å²) in [6.07, 6.45) is 3.74. The zero-order valence-corrected chi connectivity index (χ0v) is 13.8. The largest absolute Gasteiger partial charge is 0.377 e. The number of nitrogens with two attached hydrogens (primary N) is 1. The van der Waals surface area contributed by atoms with Gasteiger partial charge in [0.1, 0.15) is 0 Å². The molecule has 3 atom stereocenters. The van der Waals surface area contributed by atoms with Crippen molar-refractivity contribution in [2.45, 2.75) is 45.6 Å². The number of halogens is 1. The van der Waals surface area contributed by atoms with Gasteiger partial charge in [0, 0.05) is 16.7 Å². The van der Waals surface area contributed by atoms with E-state index in [1.807, 2.05) is 0 Å². The molecule has 0 amide bonds. The first-order valence-electron chi connectivity index (χ1n) is 7.21. The van der Waals surface area contributed by atoms with E-state index in [2.05, 4.69) is 60.2 Å². The quantitative estimate of drug-likeness (QED) is 0.868. The van der Waals surface area contributed by atoms with Crippen molar-refractivity contribution in [3.8, 4) is 0 Å². The van der Waals surface area contributed by atoms with Gasteiger partial charge in [0.05, 0.1) is 5.54 Å². The van der Waals surface area contributed by atoms with Gasteiger partial charge < -0.3 is 11.1 Å². The molecule has 3 heteroatoms. The molecule has 3 N–H and O–H groups in total. The van der Waals surface area contributed by atoms with Gasteiger partial charge in [-0.25, -0.2) is 0 Å². The average molecular weight is 325 g/mol. The van der Waals surface area contributed by atoms with Crippen LogP contribution in [-0.4, -0.2) is 12.1 Å². The van der Waals surface area contributed by atoms with Crippen LogP contribution in [0.15, 0.2) is 22.7 Å². The van der Waals surface area contributed by atoms with E-state index in [9.17, 15) is 0 Å². The zero-order chi connectivity index (χ0) is 14.0. The topological polar surface area (TPSA) is 38.0 Å². The molecule has 2 rings (SSSR count). The van der Waals surface area contributed by atoms with Crippen LogP contribution in [0.3, 0.4) is 0 Å². The summed E-state index contributed by atoms with van der Waals surface area (Å²) in [6, 6.07) is 6.43. The Morgan fingerprint density at radius 2 is 2.11 bits per heavy atom. The van der Waals surface area contributed by atoms with Crippen molar-refractivity contribution in [1.29, 1.82) is 0 Å². The van der Waals surface area contributed by atoms with E-state index in [0.29, 0.717) is 12.5 Å². The van der Waals surface area contributed by atoms with E-state index < -0.39 is 0 Å². The maximum absolute atomic E-state index is 6.15. The molecule has 1 aliphatic rings. The van der Waals surface area contributed by atoms with E-state index in [1.165, 1.54) is 24.1 Å². The zero-order valence-electron chi connectivity index (χ0n) is 12.2. The summed E-state index contributed by atoms with van der Waals surface area (Å²) in [5.74, 6) is 1.36. The monoisotopic (exact) mass is 324 g/mol. The Morgan fingerprint density at radius 1 is 1.37 bits per heavy atom. The highest BCUT2D eigenvalue weighted by Gasteiger charge is 2.39. The molecule has 1 aliphatic carbocycles. The highest BCUT2D eigenvalue weighted by Crippen LogP contribution is 2.40. The van der Waals surface area contributed by atoms with Crippen molar-refractivity contribution in [1.82, 2.24) is 0 Å². The molecule has 0 heterocycles. The first-order valence-corrected chi connectivity index (χ1v) is 8.00. The van der Waals surface area contributed by atoms with Gasteiger partial charge in [-0.2, -0.15) is 0 Å². The van der Waals surface area contributed by atoms with Gasteiger partial charge in [-0.05, 0) is 65.2 Å². The second-order valence-corrected chi connectivity index (χ2v) is 7.11. The van der Waals surface area contributed by atoms with Crippen LogP contribution in [0.5, 0.6) is 0 Å². The average Bonchev–Trinajstić information content (AvgIpc) is 2.38. The molecule has 1 aromatic rings. The first kappa shape index (κ1) is 14.9. The molecule has 0 saturated heterocycles. The van der Waals surface area contributed by atoms with Crippen LogP contribution in [0.25, 0.3) is 0 Å². The molecule has 1 saturated carbocycles. The SMILES string of the molecule is Cc1ccc(Br)c(NC2(CN)CC(C)CCC2C)c1. The molecule has 19 heavy (non-hydrogen) atoms. The minimum absolute atomic E-state index is 0.0357. The van der Waals surface area contributed by atoms with Gasteiger partial charge in [0.2, 0.25) is 0 Å². The van der Waals surface area contributed by atoms with Crippen LogP contribution >= 0.6 is 15.9 Å². The summed E-state index contributed by atoms with van der Waals surface area (Å²) in [5, 5.41) is 3.76. The van der Waals surface area contributed by atoms with E-state index in [4.69, 9.17) is 5.73 Å². The van der Waals surface area contributed by atoms with Gasteiger partial charge >= 0.3 is 0 Å². The smallest absolute Gasteiger partial charge is 0.0524 e. The molecule has 2 nitrogen and oxygen atoms in total. The van der Waals surface area contributed by atoms with Crippen molar-refractivity contribution in [2.75, 3.05) is 11.9 Å². The van der Waals surface area contributed by atoms with Crippen molar-refractivity contribution in [3.05, 3.63) is 28.2 Å². The molecular formula is C16H25BrN2. The van der Waals surface area contributed by atoms with Gasteiger partial charge in [-0.1, -0.05) is 26.3 Å². The normalized spacial score (nSPS) is 31.2. The van der Waals surface area contributed by atoms with Crippen LogP contribution in [-0.2, 0) is 0 Å². The molecule has 0 radical (unpaired) electrons. The van der Waals surface area contributed by atoms with Crippen molar-refractivity contribution < 1.29 is 0 Å². The van der Waals surface area contributed by atoms with E-state index in [1.54, 1.807) is 0 Å². The van der Waals surface area contributed by atoms with Gasteiger partial charge in [0.15, 0.2) is 0 Å². The molecule has 1 aromatic carbocycles. The van der Waals surface area contributed by atoms with E-state index in [-0.39, 0.29) is 5.54 Å². The number of aryl methyl sites for hydroxylation is 1. The fourth-order valence-corrected chi connectivity index (χ4v) is 3.59. The van der Waals surface area contributed by atoms with Crippen molar-refractivity contribution in [2.24, 2.45) is 17.6 Å². The molecule has 0 bridgehead atoms. The fraction of sp³-hybridized carbons (Fsp3) is 0.625. The Hall–Kier alpha value is -0.540. The summed E-state index contributed by atoms with van der Waals surface area (Å²) in [7, 11) is 0. The third-order valence-electron chi connectivity index (χ3n) is 4.62. The fourth-order valence-electron chi connectivity index (χ4n) is 3.25. The summed E-state index contributed by atoms with van der Waals surface area (Å²) in [6.45, 7) is 7.48. The highest BCUT2D eigenvalue weighted by molar-refractivity contribution is 9.10. The van der Waals surface area contributed by atoms with Crippen LogP contribution in [0.4, 0.5) is 5.69 Å². The van der Waals surface area contributed by atoms with Crippen LogP contribution in [0.1, 0.15) is 38.7 Å². The van der Waals surface area contributed by atoms with Gasteiger partial charge in [-0.3, -0.25) is 0 Å². The number of benzene rings is 1. The maximum Gasteiger partial charge on any atom is 0.0524 e. The maximum atomic E-state index is 6.15. The summed E-state index contributed by atoms with van der Waals surface area (Å²) in [4.78, 5) is 0.